The molecule has 6 amide bonds. The first kappa shape index (κ1) is 66.6. The van der Waals surface area contributed by atoms with E-state index in [9.17, 15) is 28.8 Å². The standard InChI is InChI=1S/C35H46N4O5S.C30H39N5O4S/c1-36-34(41)38-32(16-17-39-18-20-43-21-19-39)33(40)25-29(23-27-9-4-2-5-10-27)14-15-30(24-28-11-6-3-7-12-28)37-35(42)44-26-31-13-8-22-45-31;1-32-29(37)35-27(14-15-31)28(36)18-24(16-22-8-4-2-5-9-22)12-13-25(17-23-10-6-3-7-11-23)34-30(38)39-20-26-19-33-21-40-26/h2-13,22,29-30,32H,14-21,23-26H2,1H3,(H,37,42)(H2,36,38,41);2-11,19,21,24-25,27H,12-18,20,31H2,1H3,(H,34,38)(H2,32,35,37). The van der Waals surface area contributed by atoms with Crippen LogP contribution in [-0.2, 0) is 62.7 Å². The van der Waals surface area contributed by atoms with E-state index in [0.717, 1.165) is 57.9 Å². The van der Waals surface area contributed by atoms with Crippen molar-refractivity contribution in [1.82, 2.24) is 41.8 Å². The van der Waals surface area contributed by atoms with Gasteiger partial charge in [-0.2, -0.15) is 0 Å². The summed E-state index contributed by atoms with van der Waals surface area (Å²) in [5.74, 6) is 0.0108. The number of nitrogens with zero attached hydrogens (tertiary/aromatic N) is 2. The average Bonchev–Trinajstić information content (AvgIpc) is 4.35. The molecule has 1 aliphatic heterocycles. The number of amides is 6. The number of urea groups is 2. The Morgan fingerprint density at radius 3 is 1.40 bits per heavy atom. The number of nitrogens with one attached hydrogen (secondary N) is 6. The second kappa shape index (κ2) is 38.5. The molecule has 0 saturated carbocycles. The van der Waals surface area contributed by atoms with Gasteiger partial charge in [-0.05, 0) is 116 Å². The molecule has 1 saturated heterocycles. The second-order valence-corrected chi connectivity index (χ2v) is 23.2. The number of morpholine rings is 1. The van der Waals surface area contributed by atoms with Crippen LogP contribution in [0.1, 0.15) is 83.4 Å². The van der Waals surface area contributed by atoms with Gasteiger partial charge in [-0.3, -0.25) is 19.5 Å². The van der Waals surface area contributed by atoms with Crippen molar-refractivity contribution in [1.29, 1.82) is 0 Å². The van der Waals surface area contributed by atoms with E-state index in [4.69, 9.17) is 19.9 Å². The predicted octanol–water partition coefficient (Wildman–Crippen LogP) is 9.43. The van der Waals surface area contributed by atoms with E-state index in [-0.39, 0.29) is 67.7 Å². The van der Waals surface area contributed by atoms with Crippen molar-refractivity contribution >= 4 is 58.5 Å². The molecule has 6 unspecified atom stereocenters. The van der Waals surface area contributed by atoms with Crippen LogP contribution < -0.4 is 37.6 Å². The van der Waals surface area contributed by atoms with Crippen LogP contribution in [0.15, 0.2) is 151 Å². The van der Waals surface area contributed by atoms with Gasteiger partial charge in [-0.25, -0.2) is 19.2 Å². The molecule has 0 radical (unpaired) electrons. The largest absolute Gasteiger partial charge is 0.444 e. The number of aromatic nitrogens is 1. The molecule has 1 aliphatic rings. The SMILES string of the molecule is CNC(=O)NC(CCN)C(=O)CC(CCC(Cc1ccccc1)NC(=O)OCc1cncs1)Cc1ccccc1.CNC(=O)NC(CCN1CCOCC1)C(=O)CC(CCC(Cc1ccccc1)NC(=O)OCc1cccs1)Cc1ccccc1. The van der Waals surface area contributed by atoms with Crippen molar-refractivity contribution in [3.63, 3.8) is 0 Å². The molecular weight excluding hydrogens is 1110 g/mol. The fourth-order valence-corrected chi connectivity index (χ4v) is 11.3. The van der Waals surface area contributed by atoms with Crippen LogP contribution in [0.3, 0.4) is 0 Å². The molecule has 20 heteroatoms. The van der Waals surface area contributed by atoms with Crippen LogP contribution in [0.4, 0.5) is 19.2 Å². The molecule has 18 nitrogen and oxygen atoms in total. The van der Waals surface area contributed by atoms with Gasteiger partial charge in [0.1, 0.15) is 13.2 Å². The first-order chi connectivity index (χ1) is 41.4. The number of Topliss-reactive ketones (excluding diaryl/α,β-unsaturated/α-hetero) is 2. The number of carbonyl (C=O) groups excluding carboxylic acids is 6. The molecule has 456 valence electrons. The van der Waals surface area contributed by atoms with E-state index >= 15 is 0 Å². The quantitative estimate of drug-likeness (QED) is 0.0204. The van der Waals surface area contributed by atoms with E-state index in [2.05, 4.69) is 66.1 Å². The monoisotopic (exact) mass is 1200 g/mol. The molecule has 0 spiro atoms. The van der Waals surface area contributed by atoms with Crippen molar-refractivity contribution in [3.8, 4) is 0 Å². The number of hydrogen-bond acceptors (Lipinski definition) is 14. The number of thiazole rings is 1. The number of ketones is 2. The highest BCUT2D eigenvalue weighted by Gasteiger charge is 2.28. The fraction of sp³-hybridized carbons (Fsp3) is 0.431. The Labute approximate surface area is 508 Å². The summed E-state index contributed by atoms with van der Waals surface area (Å²) >= 11 is 2.98. The minimum absolute atomic E-state index is 0.00921. The van der Waals surface area contributed by atoms with Crippen LogP contribution in [0.2, 0.25) is 0 Å². The van der Waals surface area contributed by atoms with Crippen molar-refractivity contribution in [2.24, 2.45) is 17.6 Å². The van der Waals surface area contributed by atoms with E-state index in [0.29, 0.717) is 77.5 Å². The van der Waals surface area contributed by atoms with Crippen LogP contribution in [-0.4, -0.2) is 123 Å². The highest BCUT2D eigenvalue weighted by Crippen LogP contribution is 2.25. The van der Waals surface area contributed by atoms with E-state index in [1.807, 2.05) is 115 Å². The van der Waals surface area contributed by atoms with E-state index in [1.165, 1.54) is 18.4 Å². The maximum atomic E-state index is 13.8. The van der Waals surface area contributed by atoms with Crippen LogP contribution in [0.5, 0.6) is 0 Å². The van der Waals surface area contributed by atoms with Crippen molar-refractivity contribution in [3.05, 3.63) is 183 Å². The number of ether oxygens (including phenoxy) is 3. The van der Waals surface area contributed by atoms with Gasteiger partial charge >= 0.3 is 24.2 Å². The lowest BCUT2D eigenvalue weighted by Gasteiger charge is -2.29. The summed E-state index contributed by atoms with van der Waals surface area (Å²) in [5.41, 5.74) is 11.9. The predicted molar refractivity (Wildman–Crippen MR) is 334 cm³/mol. The van der Waals surface area contributed by atoms with Crippen molar-refractivity contribution in [2.45, 2.75) is 114 Å². The molecule has 6 aromatic rings. The topological polar surface area (TPSA) is 244 Å². The number of rotatable bonds is 33. The van der Waals surface area contributed by atoms with Gasteiger partial charge in [0, 0.05) is 69.7 Å². The highest BCUT2D eigenvalue weighted by atomic mass is 32.1. The summed E-state index contributed by atoms with van der Waals surface area (Å²) in [5, 5.41) is 18.8. The summed E-state index contributed by atoms with van der Waals surface area (Å²) in [6.45, 7) is 4.41. The Morgan fingerprint density at radius 1 is 0.541 bits per heavy atom. The molecule has 0 bridgehead atoms. The van der Waals surface area contributed by atoms with Gasteiger partial charge in [0.2, 0.25) is 0 Å². The molecule has 7 rings (SSSR count). The Balaban J connectivity index is 0.000000274. The smallest absolute Gasteiger partial charge is 0.407 e. The Kier molecular flexibility index (Phi) is 30.2. The maximum absolute atomic E-state index is 13.8. The highest BCUT2D eigenvalue weighted by molar-refractivity contribution is 7.10. The van der Waals surface area contributed by atoms with E-state index in [1.54, 1.807) is 30.1 Å². The zero-order valence-corrected chi connectivity index (χ0v) is 50.6. The lowest BCUT2D eigenvalue weighted by Crippen LogP contribution is -2.48. The zero-order valence-electron chi connectivity index (χ0n) is 49.0. The normalized spacial score (nSPS) is 14.3. The zero-order chi connectivity index (χ0) is 60.3. The number of thiophene rings is 1. The average molecular weight is 1200 g/mol. The summed E-state index contributed by atoms with van der Waals surface area (Å²) < 4.78 is 16.4. The van der Waals surface area contributed by atoms with E-state index < -0.39 is 30.3 Å². The van der Waals surface area contributed by atoms with Gasteiger partial charge in [0.05, 0.1) is 35.7 Å². The summed E-state index contributed by atoms with van der Waals surface area (Å²) in [6.07, 6.45) is 7.74. The maximum Gasteiger partial charge on any atom is 0.407 e. The number of nitrogens with two attached hydrogens (primary N) is 1. The minimum Gasteiger partial charge on any atom is -0.444 e. The lowest BCUT2D eigenvalue weighted by atomic mass is 9.86. The van der Waals surface area contributed by atoms with Crippen LogP contribution >= 0.6 is 22.7 Å². The van der Waals surface area contributed by atoms with Gasteiger partial charge in [-0.15, -0.1) is 22.7 Å². The lowest BCUT2D eigenvalue weighted by molar-refractivity contribution is -0.122. The summed E-state index contributed by atoms with van der Waals surface area (Å²) in [7, 11) is 3.07. The molecule has 4 aromatic carbocycles. The second-order valence-electron chi connectivity index (χ2n) is 21.2. The number of benzene rings is 4. The van der Waals surface area contributed by atoms with Crippen molar-refractivity contribution < 1.29 is 43.0 Å². The number of carbonyl (C=O) groups is 6. The first-order valence-electron chi connectivity index (χ1n) is 29.4. The third-order valence-electron chi connectivity index (χ3n) is 14.7. The molecule has 85 heavy (non-hydrogen) atoms. The molecular formula is C65H85N9O9S2. The van der Waals surface area contributed by atoms with Gasteiger partial charge < -0.3 is 51.8 Å². The molecule has 8 N–H and O–H groups in total. The first-order valence-corrected chi connectivity index (χ1v) is 31.1. The van der Waals surface area contributed by atoms with Crippen LogP contribution in [0, 0.1) is 11.8 Å². The third kappa shape index (κ3) is 26.5. The molecule has 1 fully saturated rings. The molecule has 3 heterocycles. The Hall–Kier alpha value is -7.49. The Morgan fingerprint density at radius 2 is 0.988 bits per heavy atom. The fourth-order valence-electron chi connectivity index (χ4n) is 10.2. The third-order valence-corrected chi connectivity index (χ3v) is 16.3. The summed E-state index contributed by atoms with van der Waals surface area (Å²) in [6, 6.07) is 41.8. The van der Waals surface area contributed by atoms with Crippen LogP contribution in [0.25, 0.3) is 0 Å². The van der Waals surface area contributed by atoms with Gasteiger partial charge in [0.15, 0.2) is 11.6 Å². The molecule has 0 aliphatic carbocycles. The Bertz CT molecular complexity index is 2830. The van der Waals surface area contributed by atoms with Gasteiger partial charge in [-0.1, -0.05) is 127 Å². The number of hydrogen-bond donors (Lipinski definition) is 7. The molecule has 6 atom stereocenters. The molecule has 2 aromatic heterocycles. The van der Waals surface area contributed by atoms with Gasteiger partial charge in [0.25, 0.3) is 0 Å². The van der Waals surface area contributed by atoms with Crippen molar-refractivity contribution in [2.75, 3.05) is 53.5 Å². The minimum atomic E-state index is -0.650. The number of alkyl carbamates (subject to hydrolysis) is 2. The summed E-state index contributed by atoms with van der Waals surface area (Å²) in [4.78, 5) is 85.0.